The zero-order valence-corrected chi connectivity index (χ0v) is 14.8. The second kappa shape index (κ2) is 7.00. The Kier molecular flexibility index (Phi) is 4.57. The zero-order chi connectivity index (χ0) is 17.2. The van der Waals surface area contributed by atoms with E-state index in [0.717, 1.165) is 51.9 Å². The van der Waals surface area contributed by atoms with Gasteiger partial charge in [-0.15, -0.1) is 0 Å². The first-order valence-corrected chi connectivity index (χ1v) is 9.25. The SMILES string of the molecule is Cn1nccc1C1CCN(C(=O)c2ccn(C3CCCNC3)n2)CC1. The number of piperidine rings is 2. The van der Waals surface area contributed by atoms with Crippen molar-refractivity contribution in [3.63, 3.8) is 0 Å². The fraction of sp³-hybridized carbons (Fsp3) is 0.611. The van der Waals surface area contributed by atoms with Crippen LogP contribution in [-0.2, 0) is 7.05 Å². The fourth-order valence-electron chi connectivity index (χ4n) is 4.04. The maximum Gasteiger partial charge on any atom is 0.274 e. The number of amides is 1. The predicted octanol–water partition coefficient (Wildman–Crippen LogP) is 1.56. The first kappa shape index (κ1) is 16.3. The molecule has 7 heteroatoms. The van der Waals surface area contributed by atoms with E-state index in [2.05, 4.69) is 21.6 Å². The van der Waals surface area contributed by atoms with Crippen LogP contribution in [0.15, 0.2) is 24.5 Å². The average Bonchev–Trinajstić information content (AvgIpc) is 3.31. The third-order valence-corrected chi connectivity index (χ3v) is 5.53. The highest BCUT2D eigenvalue weighted by molar-refractivity contribution is 5.92. The molecule has 4 heterocycles. The lowest BCUT2D eigenvalue weighted by atomic mass is 9.93. The number of hydrogen-bond donors (Lipinski definition) is 1. The zero-order valence-electron chi connectivity index (χ0n) is 14.8. The molecule has 2 aliphatic heterocycles. The molecule has 2 fully saturated rings. The largest absolute Gasteiger partial charge is 0.337 e. The molecule has 0 bridgehead atoms. The van der Waals surface area contributed by atoms with E-state index >= 15 is 0 Å². The van der Waals surface area contributed by atoms with E-state index < -0.39 is 0 Å². The van der Waals surface area contributed by atoms with E-state index in [4.69, 9.17) is 0 Å². The Morgan fingerprint density at radius 1 is 1.24 bits per heavy atom. The van der Waals surface area contributed by atoms with Gasteiger partial charge in [-0.2, -0.15) is 10.2 Å². The molecule has 1 unspecified atom stereocenters. The van der Waals surface area contributed by atoms with E-state index in [-0.39, 0.29) is 5.91 Å². The Labute approximate surface area is 148 Å². The summed E-state index contributed by atoms with van der Waals surface area (Å²) in [7, 11) is 1.99. The van der Waals surface area contributed by atoms with Crippen LogP contribution < -0.4 is 5.32 Å². The van der Waals surface area contributed by atoms with Gasteiger partial charge in [0.15, 0.2) is 0 Å². The van der Waals surface area contributed by atoms with Crippen molar-refractivity contribution in [2.45, 2.75) is 37.6 Å². The molecule has 25 heavy (non-hydrogen) atoms. The van der Waals surface area contributed by atoms with Crippen LogP contribution in [-0.4, -0.2) is 56.5 Å². The topological polar surface area (TPSA) is 68.0 Å². The van der Waals surface area contributed by atoms with Gasteiger partial charge in [-0.3, -0.25) is 14.2 Å². The number of aromatic nitrogens is 4. The Bertz CT molecular complexity index is 722. The van der Waals surface area contributed by atoms with Gasteiger partial charge in [-0.1, -0.05) is 0 Å². The number of carbonyl (C=O) groups is 1. The number of nitrogens with one attached hydrogen (secondary N) is 1. The minimum Gasteiger partial charge on any atom is -0.337 e. The molecule has 0 spiro atoms. The summed E-state index contributed by atoms with van der Waals surface area (Å²) < 4.78 is 3.91. The van der Waals surface area contributed by atoms with Crippen LogP contribution in [0.1, 0.15) is 53.8 Å². The second-order valence-corrected chi connectivity index (χ2v) is 7.13. The molecule has 2 aromatic heterocycles. The Morgan fingerprint density at radius 2 is 2.08 bits per heavy atom. The molecule has 0 saturated carbocycles. The first-order chi connectivity index (χ1) is 12.2. The number of nitrogens with zero attached hydrogens (tertiary/aromatic N) is 5. The molecule has 0 aromatic carbocycles. The van der Waals surface area contributed by atoms with Crippen LogP contribution in [0.2, 0.25) is 0 Å². The van der Waals surface area contributed by atoms with E-state index in [0.29, 0.717) is 17.7 Å². The Balaban J connectivity index is 1.37. The maximum atomic E-state index is 12.8. The Morgan fingerprint density at radius 3 is 2.76 bits per heavy atom. The lowest BCUT2D eigenvalue weighted by Crippen LogP contribution is -2.38. The molecule has 134 valence electrons. The van der Waals surface area contributed by atoms with Crippen LogP contribution in [0.5, 0.6) is 0 Å². The minimum atomic E-state index is 0.0611. The van der Waals surface area contributed by atoms with Crippen molar-refractivity contribution >= 4 is 5.91 Å². The standard InChI is InChI=1S/C18H26N6O/c1-22-17(4-9-20-22)14-5-10-23(11-6-14)18(25)16-7-12-24(21-16)15-3-2-8-19-13-15/h4,7,9,12,14-15,19H,2-3,5-6,8,10-11,13H2,1H3. The second-order valence-electron chi connectivity index (χ2n) is 7.13. The van der Waals surface area contributed by atoms with Gasteiger partial charge in [0.05, 0.1) is 6.04 Å². The summed E-state index contributed by atoms with van der Waals surface area (Å²) in [6, 6.07) is 4.32. The summed E-state index contributed by atoms with van der Waals surface area (Å²) in [5, 5.41) is 12.2. The summed E-state index contributed by atoms with van der Waals surface area (Å²) in [6.45, 7) is 3.58. The van der Waals surface area contributed by atoms with Crippen LogP contribution in [0.25, 0.3) is 0 Å². The van der Waals surface area contributed by atoms with Crippen molar-refractivity contribution in [1.82, 2.24) is 29.8 Å². The monoisotopic (exact) mass is 342 g/mol. The lowest BCUT2D eigenvalue weighted by molar-refractivity contribution is 0.0704. The van der Waals surface area contributed by atoms with Gasteiger partial charge in [0.25, 0.3) is 5.91 Å². The molecule has 0 aliphatic carbocycles. The van der Waals surface area contributed by atoms with Gasteiger partial charge in [-0.25, -0.2) is 0 Å². The van der Waals surface area contributed by atoms with Crippen LogP contribution in [0.3, 0.4) is 0 Å². The van der Waals surface area contributed by atoms with E-state index in [9.17, 15) is 4.79 Å². The first-order valence-electron chi connectivity index (χ1n) is 9.25. The molecule has 1 amide bonds. The van der Waals surface area contributed by atoms with Crippen molar-refractivity contribution < 1.29 is 4.79 Å². The number of aryl methyl sites for hydroxylation is 1. The van der Waals surface area contributed by atoms with E-state index in [1.807, 2.05) is 39.8 Å². The summed E-state index contributed by atoms with van der Waals surface area (Å²) >= 11 is 0. The molecule has 2 saturated heterocycles. The van der Waals surface area contributed by atoms with Gasteiger partial charge in [0.2, 0.25) is 0 Å². The van der Waals surface area contributed by atoms with Crippen LogP contribution in [0, 0.1) is 0 Å². The smallest absolute Gasteiger partial charge is 0.274 e. The highest BCUT2D eigenvalue weighted by Crippen LogP contribution is 2.28. The molecule has 0 radical (unpaired) electrons. The molecule has 1 atom stereocenters. The van der Waals surface area contributed by atoms with Crippen molar-refractivity contribution in [2.75, 3.05) is 26.2 Å². The van der Waals surface area contributed by atoms with Gasteiger partial charge in [0.1, 0.15) is 5.69 Å². The molecule has 2 aliphatic rings. The third kappa shape index (κ3) is 3.33. The fourth-order valence-corrected chi connectivity index (χ4v) is 4.04. The third-order valence-electron chi connectivity index (χ3n) is 5.53. The van der Waals surface area contributed by atoms with Crippen LogP contribution >= 0.6 is 0 Å². The summed E-state index contributed by atoms with van der Waals surface area (Å²) in [5.74, 6) is 0.549. The number of carbonyl (C=O) groups excluding carboxylic acids is 1. The van der Waals surface area contributed by atoms with Crippen molar-refractivity contribution in [2.24, 2.45) is 7.05 Å². The van der Waals surface area contributed by atoms with E-state index in [1.54, 1.807) is 0 Å². The molecule has 7 nitrogen and oxygen atoms in total. The molecule has 2 aromatic rings. The molecule has 1 N–H and O–H groups in total. The van der Waals surface area contributed by atoms with Gasteiger partial charge >= 0.3 is 0 Å². The number of likely N-dealkylation sites (tertiary alicyclic amines) is 1. The highest BCUT2D eigenvalue weighted by atomic mass is 16.2. The van der Waals surface area contributed by atoms with Crippen molar-refractivity contribution in [3.05, 3.63) is 35.9 Å². The molecular formula is C18H26N6O. The number of hydrogen-bond acceptors (Lipinski definition) is 4. The number of rotatable bonds is 3. The lowest BCUT2D eigenvalue weighted by Gasteiger charge is -2.31. The normalized spacial score (nSPS) is 22.3. The quantitative estimate of drug-likeness (QED) is 0.919. The van der Waals surface area contributed by atoms with E-state index in [1.165, 1.54) is 5.69 Å². The molecular weight excluding hydrogens is 316 g/mol. The van der Waals surface area contributed by atoms with Gasteiger partial charge in [0, 0.05) is 50.7 Å². The van der Waals surface area contributed by atoms with Crippen molar-refractivity contribution in [1.29, 1.82) is 0 Å². The van der Waals surface area contributed by atoms with Gasteiger partial charge in [-0.05, 0) is 44.4 Å². The predicted molar refractivity (Wildman–Crippen MR) is 94.5 cm³/mol. The summed E-state index contributed by atoms with van der Waals surface area (Å²) in [5.41, 5.74) is 1.84. The summed E-state index contributed by atoms with van der Waals surface area (Å²) in [4.78, 5) is 14.7. The van der Waals surface area contributed by atoms with Crippen LogP contribution in [0.4, 0.5) is 0 Å². The minimum absolute atomic E-state index is 0.0611. The summed E-state index contributed by atoms with van der Waals surface area (Å²) in [6.07, 6.45) is 8.05. The van der Waals surface area contributed by atoms with Crippen molar-refractivity contribution in [3.8, 4) is 0 Å². The molecule has 4 rings (SSSR count). The highest BCUT2D eigenvalue weighted by Gasteiger charge is 2.27. The maximum absolute atomic E-state index is 12.8. The average molecular weight is 342 g/mol. The van der Waals surface area contributed by atoms with Gasteiger partial charge < -0.3 is 10.2 Å². The Hall–Kier alpha value is -2.15.